The van der Waals surface area contributed by atoms with Crippen molar-refractivity contribution in [3.05, 3.63) is 23.8 Å². The zero-order chi connectivity index (χ0) is 16.3. The number of phenols is 1. The summed E-state index contributed by atoms with van der Waals surface area (Å²) in [6.45, 7) is 8.44. The monoisotopic (exact) mass is 308 g/mol. The molecule has 0 saturated heterocycles. The van der Waals surface area contributed by atoms with Crippen molar-refractivity contribution in [3.8, 4) is 11.5 Å². The molecule has 1 amide bonds. The normalized spacial score (nSPS) is 18.3. The van der Waals surface area contributed by atoms with E-state index in [0.717, 1.165) is 5.56 Å². The third-order valence-corrected chi connectivity index (χ3v) is 3.22. The lowest BCUT2D eigenvalue weighted by Crippen LogP contribution is -2.42. The highest BCUT2D eigenvalue weighted by molar-refractivity contribution is 5.67. The van der Waals surface area contributed by atoms with Gasteiger partial charge in [-0.1, -0.05) is 0 Å². The molecule has 1 aliphatic heterocycles. The molecule has 2 unspecified atom stereocenters. The highest BCUT2D eigenvalue weighted by Gasteiger charge is 2.25. The highest BCUT2D eigenvalue weighted by atomic mass is 16.6. The number of amides is 1. The van der Waals surface area contributed by atoms with Crippen LogP contribution in [0.4, 0.5) is 4.79 Å². The number of fused-ring (bicyclic) bond motifs is 1. The average Bonchev–Trinajstić information content (AvgIpc) is 2.77. The third kappa shape index (κ3) is 4.53. The first-order valence-electron chi connectivity index (χ1n) is 7.43. The number of carbonyl (C=O) groups excluding carboxylic acids is 1. The molecule has 0 bridgehead atoms. The van der Waals surface area contributed by atoms with Crippen molar-refractivity contribution in [1.82, 2.24) is 10.6 Å². The predicted molar refractivity (Wildman–Crippen MR) is 83.2 cm³/mol. The van der Waals surface area contributed by atoms with Crippen LogP contribution >= 0.6 is 0 Å². The van der Waals surface area contributed by atoms with Gasteiger partial charge in [0.1, 0.15) is 23.7 Å². The van der Waals surface area contributed by atoms with Crippen LogP contribution in [-0.2, 0) is 4.74 Å². The van der Waals surface area contributed by atoms with Crippen molar-refractivity contribution in [1.29, 1.82) is 0 Å². The Kier molecular flexibility index (Phi) is 4.81. The fourth-order valence-corrected chi connectivity index (χ4v) is 2.29. The maximum atomic E-state index is 11.6. The zero-order valence-corrected chi connectivity index (χ0v) is 13.5. The van der Waals surface area contributed by atoms with E-state index in [1.54, 1.807) is 12.1 Å². The largest absolute Gasteiger partial charge is 0.508 e. The summed E-state index contributed by atoms with van der Waals surface area (Å²) >= 11 is 0. The van der Waals surface area contributed by atoms with Crippen LogP contribution in [0.1, 0.15) is 39.3 Å². The molecular formula is C16H24N2O4. The van der Waals surface area contributed by atoms with Crippen molar-refractivity contribution < 1.29 is 19.4 Å². The Morgan fingerprint density at radius 2 is 2.23 bits per heavy atom. The van der Waals surface area contributed by atoms with Crippen LogP contribution in [-0.4, -0.2) is 36.0 Å². The van der Waals surface area contributed by atoms with Gasteiger partial charge in [0.15, 0.2) is 0 Å². The van der Waals surface area contributed by atoms with Crippen molar-refractivity contribution in [3.63, 3.8) is 0 Å². The van der Waals surface area contributed by atoms with Gasteiger partial charge in [-0.25, -0.2) is 4.79 Å². The number of carbonyl (C=O) groups is 1. The summed E-state index contributed by atoms with van der Waals surface area (Å²) < 4.78 is 10.7. The van der Waals surface area contributed by atoms with Gasteiger partial charge < -0.3 is 25.2 Å². The summed E-state index contributed by atoms with van der Waals surface area (Å²) in [5.74, 6) is 0.892. The minimum Gasteiger partial charge on any atom is -0.508 e. The Hall–Kier alpha value is -1.95. The maximum absolute atomic E-state index is 11.6. The topological polar surface area (TPSA) is 79.8 Å². The van der Waals surface area contributed by atoms with Gasteiger partial charge in [0.25, 0.3) is 0 Å². The molecule has 0 radical (unpaired) electrons. The number of aromatic hydroxyl groups is 1. The summed E-state index contributed by atoms with van der Waals surface area (Å²) in [4.78, 5) is 11.6. The lowest BCUT2D eigenvalue weighted by atomic mass is 10.1. The van der Waals surface area contributed by atoms with E-state index in [2.05, 4.69) is 10.6 Å². The molecule has 1 heterocycles. The molecule has 1 aromatic carbocycles. The van der Waals surface area contributed by atoms with E-state index in [0.29, 0.717) is 18.9 Å². The van der Waals surface area contributed by atoms with E-state index < -0.39 is 11.7 Å². The van der Waals surface area contributed by atoms with Crippen LogP contribution in [0.25, 0.3) is 0 Å². The summed E-state index contributed by atoms with van der Waals surface area (Å²) in [5.41, 5.74) is 0.517. The van der Waals surface area contributed by atoms with Crippen LogP contribution in [0.3, 0.4) is 0 Å². The standard InChI is InChI=1S/C16H24N2O4/c1-10(8-17-15(20)22-16(2,3)4)18-13-9-21-14-7-11(19)5-6-12(13)14/h5-7,10,13,18-19H,8-9H2,1-4H3,(H,17,20). The SMILES string of the molecule is CC(CNC(=O)OC(C)(C)C)NC1COc2cc(O)ccc21. The second-order valence-electron chi connectivity index (χ2n) is 6.54. The second kappa shape index (κ2) is 6.44. The van der Waals surface area contributed by atoms with Crippen molar-refractivity contribution >= 4 is 6.09 Å². The van der Waals surface area contributed by atoms with E-state index in [1.165, 1.54) is 0 Å². The van der Waals surface area contributed by atoms with Crippen LogP contribution in [0.15, 0.2) is 18.2 Å². The fraction of sp³-hybridized carbons (Fsp3) is 0.562. The number of hydrogen-bond acceptors (Lipinski definition) is 5. The Bertz CT molecular complexity index is 539. The molecule has 22 heavy (non-hydrogen) atoms. The summed E-state index contributed by atoms with van der Waals surface area (Å²) in [5, 5.41) is 15.6. The summed E-state index contributed by atoms with van der Waals surface area (Å²) in [6.07, 6.45) is -0.422. The fourth-order valence-electron chi connectivity index (χ4n) is 2.29. The number of ether oxygens (including phenoxy) is 2. The van der Waals surface area contributed by atoms with Gasteiger partial charge in [-0.3, -0.25) is 0 Å². The molecule has 0 spiro atoms. The quantitative estimate of drug-likeness (QED) is 0.795. The molecule has 6 heteroatoms. The zero-order valence-electron chi connectivity index (χ0n) is 13.5. The minimum atomic E-state index is -0.499. The predicted octanol–water partition coefficient (Wildman–Crippen LogP) is 2.33. The van der Waals surface area contributed by atoms with Crippen LogP contribution in [0, 0.1) is 0 Å². The minimum absolute atomic E-state index is 0.0473. The smallest absolute Gasteiger partial charge is 0.407 e. The Morgan fingerprint density at radius 1 is 1.50 bits per heavy atom. The number of rotatable bonds is 4. The lowest BCUT2D eigenvalue weighted by molar-refractivity contribution is 0.0522. The van der Waals surface area contributed by atoms with Crippen molar-refractivity contribution in [2.45, 2.75) is 45.4 Å². The number of hydrogen-bond donors (Lipinski definition) is 3. The molecule has 1 aliphatic rings. The molecule has 1 aromatic rings. The number of benzene rings is 1. The Labute approximate surface area is 130 Å². The second-order valence-corrected chi connectivity index (χ2v) is 6.54. The van der Waals surface area contributed by atoms with Gasteiger partial charge in [-0.2, -0.15) is 0 Å². The lowest BCUT2D eigenvalue weighted by Gasteiger charge is -2.22. The van der Waals surface area contributed by atoms with E-state index in [4.69, 9.17) is 9.47 Å². The molecular weight excluding hydrogens is 284 g/mol. The number of nitrogens with one attached hydrogen (secondary N) is 2. The van der Waals surface area contributed by atoms with Crippen LogP contribution in [0.2, 0.25) is 0 Å². The van der Waals surface area contributed by atoms with Crippen LogP contribution < -0.4 is 15.4 Å². The highest BCUT2D eigenvalue weighted by Crippen LogP contribution is 2.34. The van der Waals surface area contributed by atoms with E-state index in [9.17, 15) is 9.90 Å². The van der Waals surface area contributed by atoms with Crippen molar-refractivity contribution in [2.75, 3.05) is 13.2 Å². The molecule has 0 saturated carbocycles. The first kappa shape index (κ1) is 16.4. The molecule has 3 N–H and O–H groups in total. The van der Waals surface area contributed by atoms with Crippen molar-refractivity contribution in [2.24, 2.45) is 0 Å². The third-order valence-electron chi connectivity index (χ3n) is 3.22. The number of phenolic OH excluding ortho intramolecular Hbond substituents is 1. The van der Waals surface area contributed by atoms with E-state index in [1.807, 2.05) is 33.8 Å². The van der Waals surface area contributed by atoms with Gasteiger partial charge in [-0.05, 0) is 39.8 Å². The van der Waals surface area contributed by atoms with Gasteiger partial charge in [0.05, 0.1) is 6.04 Å². The first-order valence-corrected chi connectivity index (χ1v) is 7.43. The molecule has 2 rings (SSSR count). The van der Waals surface area contributed by atoms with E-state index in [-0.39, 0.29) is 17.8 Å². The molecule has 0 aliphatic carbocycles. The van der Waals surface area contributed by atoms with Gasteiger partial charge in [-0.15, -0.1) is 0 Å². The Balaban J connectivity index is 1.82. The average molecular weight is 308 g/mol. The Morgan fingerprint density at radius 3 is 2.91 bits per heavy atom. The summed E-state index contributed by atoms with van der Waals surface area (Å²) in [7, 11) is 0. The molecule has 122 valence electrons. The van der Waals surface area contributed by atoms with E-state index >= 15 is 0 Å². The molecule has 6 nitrogen and oxygen atoms in total. The molecule has 0 fully saturated rings. The number of alkyl carbamates (subject to hydrolysis) is 1. The van der Waals surface area contributed by atoms with Crippen LogP contribution in [0.5, 0.6) is 11.5 Å². The van der Waals surface area contributed by atoms with Gasteiger partial charge in [0.2, 0.25) is 0 Å². The molecule has 2 atom stereocenters. The first-order chi connectivity index (χ1) is 10.2. The molecule has 0 aromatic heterocycles. The maximum Gasteiger partial charge on any atom is 0.407 e. The summed E-state index contributed by atoms with van der Waals surface area (Å²) in [6, 6.07) is 5.21. The van der Waals surface area contributed by atoms with Gasteiger partial charge in [0, 0.05) is 24.2 Å². The van der Waals surface area contributed by atoms with Gasteiger partial charge >= 0.3 is 6.09 Å².